The third-order valence-corrected chi connectivity index (χ3v) is 5.00. The van der Waals surface area contributed by atoms with Crippen molar-refractivity contribution in [2.24, 2.45) is 0 Å². The van der Waals surface area contributed by atoms with Crippen LogP contribution < -0.4 is 10.9 Å². The van der Waals surface area contributed by atoms with Gasteiger partial charge in [0.2, 0.25) is 0 Å². The van der Waals surface area contributed by atoms with Crippen LogP contribution in [0.5, 0.6) is 0 Å². The molecule has 0 saturated carbocycles. The zero-order chi connectivity index (χ0) is 19.0. The molecule has 0 fully saturated rings. The number of aromatic nitrogens is 1. The molecule has 7 heteroatoms. The molecule has 4 rings (SSSR count). The first-order valence-electron chi connectivity index (χ1n) is 8.07. The van der Waals surface area contributed by atoms with E-state index >= 15 is 0 Å². The summed E-state index contributed by atoms with van der Waals surface area (Å²) in [5.41, 5.74) is 2.43. The van der Waals surface area contributed by atoms with Gasteiger partial charge in [0.25, 0.3) is 5.91 Å². The maximum Gasteiger partial charge on any atom is 0.349 e. The van der Waals surface area contributed by atoms with Crippen molar-refractivity contribution < 1.29 is 9.21 Å². The Balaban J connectivity index is 1.61. The normalized spacial score (nSPS) is 10.9. The Kier molecular flexibility index (Phi) is 4.51. The summed E-state index contributed by atoms with van der Waals surface area (Å²) in [5, 5.41) is 5.98. The molecular weight excluding hydrogens is 384 g/mol. The summed E-state index contributed by atoms with van der Waals surface area (Å²) in [6.07, 6.45) is 0. The lowest BCUT2D eigenvalue weighted by atomic mass is 10.1. The first-order chi connectivity index (χ1) is 13.0. The van der Waals surface area contributed by atoms with Crippen molar-refractivity contribution in [3.05, 3.63) is 80.5 Å². The molecule has 0 aliphatic carbocycles. The van der Waals surface area contributed by atoms with Crippen LogP contribution in [-0.2, 0) is 0 Å². The number of nitrogens with one attached hydrogen (secondary N) is 1. The molecule has 0 unspecified atom stereocenters. The van der Waals surface area contributed by atoms with Crippen LogP contribution in [-0.4, -0.2) is 10.9 Å². The summed E-state index contributed by atoms with van der Waals surface area (Å²) in [6.45, 7) is 2.01. The molecule has 2 aromatic heterocycles. The van der Waals surface area contributed by atoms with Crippen molar-refractivity contribution in [2.75, 3.05) is 5.32 Å². The van der Waals surface area contributed by atoms with E-state index in [-0.39, 0.29) is 5.56 Å². The number of nitrogens with zero attached hydrogens (tertiary/aromatic N) is 1. The minimum atomic E-state index is -0.711. The lowest BCUT2D eigenvalue weighted by Crippen LogP contribution is -2.20. The number of aryl methyl sites for hydroxylation is 1. The maximum atomic E-state index is 12.5. The molecule has 134 valence electrons. The second-order valence-corrected chi connectivity index (χ2v) is 7.28. The molecule has 27 heavy (non-hydrogen) atoms. The molecule has 5 nitrogen and oxygen atoms in total. The van der Waals surface area contributed by atoms with E-state index in [2.05, 4.69) is 10.3 Å². The van der Waals surface area contributed by atoms with Crippen molar-refractivity contribution in [1.29, 1.82) is 0 Å². The van der Waals surface area contributed by atoms with Gasteiger partial charge in [-0.1, -0.05) is 41.4 Å². The van der Waals surface area contributed by atoms with Crippen molar-refractivity contribution in [3.63, 3.8) is 0 Å². The lowest BCUT2D eigenvalue weighted by Gasteiger charge is -2.03. The SMILES string of the molecule is Cc1ccc(-c2csc(NC(=O)c3cc4cc(Cl)ccc4oc3=O)n2)cc1. The molecule has 0 aliphatic heterocycles. The third-order valence-electron chi connectivity index (χ3n) is 4.01. The van der Waals surface area contributed by atoms with Gasteiger partial charge in [-0.15, -0.1) is 11.3 Å². The predicted molar refractivity (Wildman–Crippen MR) is 108 cm³/mol. The first kappa shape index (κ1) is 17.5. The zero-order valence-electron chi connectivity index (χ0n) is 14.2. The highest BCUT2D eigenvalue weighted by Crippen LogP contribution is 2.25. The van der Waals surface area contributed by atoms with E-state index in [1.165, 1.54) is 17.4 Å². The summed E-state index contributed by atoms with van der Waals surface area (Å²) in [4.78, 5) is 29.1. The van der Waals surface area contributed by atoms with Gasteiger partial charge in [0.1, 0.15) is 11.1 Å². The zero-order valence-corrected chi connectivity index (χ0v) is 15.7. The van der Waals surface area contributed by atoms with Crippen molar-refractivity contribution >= 4 is 44.9 Å². The van der Waals surface area contributed by atoms with Crippen molar-refractivity contribution in [3.8, 4) is 11.3 Å². The van der Waals surface area contributed by atoms with Crippen LogP contribution in [0.3, 0.4) is 0 Å². The van der Waals surface area contributed by atoms with Gasteiger partial charge in [0.15, 0.2) is 5.13 Å². The molecule has 0 spiro atoms. The molecule has 2 heterocycles. The molecule has 0 aliphatic rings. The number of benzene rings is 2. The number of halogens is 1. The van der Waals surface area contributed by atoms with E-state index < -0.39 is 11.5 Å². The van der Waals surface area contributed by atoms with Crippen LogP contribution in [0.15, 0.2) is 63.1 Å². The smallest absolute Gasteiger partial charge is 0.349 e. The van der Waals surface area contributed by atoms with Crippen molar-refractivity contribution in [2.45, 2.75) is 6.92 Å². The molecular formula is C20H13ClN2O3S. The number of thiazole rings is 1. The highest BCUT2D eigenvalue weighted by Gasteiger charge is 2.16. The Bertz CT molecular complexity index is 1210. The molecule has 4 aromatic rings. The summed E-state index contributed by atoms with van der Waals surface area (Å²) < 4.78 is 5.20. The average molecular weight is 397 g/mol. The van der Waals surface area contributed by atoms with Crippen molar-refractivity contribution in [1.82, 2.24) is 4.98 Å². The predicted octanol–water partition coefficient (Wildman–Crippen LogP) is 5.13. The summed E-state index contributed by atoms with van der Waals surface area (Å²) in [7, 11) is 0. The Labute approximate surface area is 163 Å². The van der Waals surface area contributed by atoms with Gasteiger partial charge in [0.05, 0.1) is 5.69 Å². The number of hydrogen-bond acceptors (Lipinski definition) is 5. The fourth-order valence-electron chi connectivity index (χ4n) is 2.61. The van der Waals surface area contributed by atoms with E-state index in [1.54, 1.807) is 18.2 Å². The van der Waals surface area contributed by atoms with Crippen LogP contribution in [0.2, 0.25) is 5.02 Å². The quantitative estimate of drug-likeness (QED) is 0.487. The van der Waals surface area contributed by atoms with E-state index in [0.717, 1.165) is 16.8 Å². The summed E-state index contributed by atoms with van der Waals surface area (Å²) in [6, 6.07) is 14.3. The van der Waals surface area contributed by atoms with E-state index in [1.807, 2.05) is 36.6 Å². The van der Waals surface area contributed by atoms with Crippen LogP contribution in [0.25, 0.3) is 22.2 Å². The van der Waals surface area contributed by atoms with Gasteiger partial charge >= 0.3 is 5.63 Å². The summed E-state index contributed by atoms with van der Waals surface area (Å²) >= 11 is 7.25. The lowest BCUT2D eigenvalue weighted by molar-refractivity contribution is 0.102. The molecule has 0 radical (unpaired) electrons. The van der Waals surface area contributed by atoms with Gasteiger partial charge in [-0.2, -0.15) is 0 Å². The number of hydrogen-bond donors (Lipinski definition) is 1. The molecule has 1 N–H and O–H groups in total. The number of rotatable bonds is 3. The Morgan fingerprint density at radius 2 is 1.93 bits per heavy atom. The van der Waals surface area contributed by atoms with Crippen LogP contribution in [0.4, 0.5) is 5.13 Å². The Morgan fingerprint density at radius 3 is 2.70 bits per heavy atom. The highest BCUT2D eigenvalue weighted by atomic mass is 35.5. The second-order valence-electron chi connectivity index (χ2n) is 5.99. The topological polar surface area (TPSA) is 72.2 Å². The van der Waals surface area contributed by atoms with Crippen LogP contribution in [0.1, 0.15) is 15.9 Å². The van der Waals surface area contributed by atoms with Gasteiger partial charge in [-0.3, -0.25) is 10.1 Å². The Hall–Kier alpha value is -2.96. The van der Waals surface area contributed by atoms with Gasteiger partial charge in [-0.05, 0) is 31.2 Å². The minimum Gasteiger partial charge on any atom is -0.422 e. The largest absolute Gasteiger partial charge is 0.422 e. The molecule has 0 atom stereocenters. The number of carbonyl (C=O) groups is 1. The standard InChI is InChI=1S/C20H13ClN2O3S/c1-11-2-4-12(5-3-11)16-10-27-20(22-16)23-18(24)15-9-13-8-14(21)6-7-17(13)26-19(15)25/h2-10H,1H3,(H,22,23,24). The first-order valence-corrected chi connectivity index (χ1v) is 9.33. The van der Waals surface area contributed by atoms with Crippen LogP contribution in [0, 0.1) is 6.92 Å². The van der Waals surface area contributed by atoms with Gasteiger partial charge in [0, 0.05) is 21.4 Å². The number of fused-ring (bicyclic) bond motifs is 1. The minimum absolute atomic E-state index is 0.100. The fourth-order valence-corrected chi connectivity index (χ4v) is 3.50. The molecule has 0 bridgehead atoms. The van der Waals surface area contributed by atoms with Gasteiger partial charge in [-0.25, -0.2) is 9.78 Å². The number of anilines is 1. The second kappa shape index (κ2) is 6.98. The van der Waals surface area contributed by atoms with E-state index in [4.69, 9.17) is 16.0 Å². The fraction of sp³-hybridized carbons (Fsp3) is 0.0500. The number of carbonyl (C=O) groups excluding carboxylic acids is 1. The van der Waals surface area contributed by atoms with E-state index in [9.17, 15) is 9.59 Å². The number of amides is 1. The molecule has 0 saturated heterocycles. The Morgan fingerprint density at radius 1 is 1.15 bits per heavy atom. The average Bonchev–Trinajstić information content (AvgIpc) is 3.10. The van der Waals surface area contributed by atoms with Crippen LogP contribution >= 0.6 is 22.9 Å². The maximum absolute atomic E-state index is 12.5. The molecule has 1 amide bonds. The third kappa shape index (κ3) is 3.63. The monoisotopic (exact) mass is 396 g/mol. The van der Waals surface area contributed by atoms with E-state index in [0.29, 0.717) is 21.1 Å². The highest BCUT2D eigenvalue weighted by molar-refractivity contribution is 7.14. The molecule has 2 aromatic carbocycles. The summed E-state index contributed by atoms with van der Waals surface area (Å²) in [5.74, 6) is -0.574. The van der Waals surface area contributed by atoms with Gasteiger partial charge < -0.3 is 4.42 Å².